The Hall–Kier alpha value is -3.16. The molecule has 194 valence electrons. The van der Waals surface area contributed by atoms with Gasteiger partial charge in [0.2, 0.25) is 5.95 Å². The normalized spacial score (nSPS) is 19.7. The second-order valence-corrected chi connectivity index (χ2v) is 10.0. The van der Waals surface area contributed by atoms with Crippen molar-refractivity contribution >= 4 is 22.9 Å². The van der Waals surface area contributed by atoms with Crippen molar-refractivity contribution in [3.05, 3.63) is 70.0 Å². The predicted molar refractivity (Wildman–Crippen MR) is 146 cm³/mol. The molecule has 0 fully saturated rings. The van der Waals surface area contributed by atoms with E-state index in [0.717, 1.165) is 69.5 Å². The summed E-state index contributed by atoms with van der Waals surface area (Å²) in [6.45, 7) is 10.6. The van der Waals surface area contributed by atoms with Gasteiger partial charge in [-0.05, 0) is 62.6 Å². The maximum absolute atomic E-state index is 13.6. The van der Waals surface area contributed by atoms with Crippen LogP contribution >= 0.6 is 0 Å². The van der Waals surface area contributed by atoms with Crippen LogP contribution in [0.4, 0.5) is 5.95 Å². The third-order valence-corrected chi connectivity index (χ3v) is 6.92. The number of fused-ring (bicyclic) bond motifs is 1. The summed E-state index contributed by atoms with van der Waals surface area (Å²) in [5.74, 6) is 1.25. The van der Waals surface area contributed by atoms with Gasteiger partial charge in [-0.15, -0.1) is 0 Å². The Kier molecular flexibility index (Phi) is 8.93. The number of aromatic nitrogens is 2. The molecule has 1 unspecified atom stereocenters. The van der Waals surface area contributed by atoms with E-state index in [4.69, 9.17) is 4.74 Å². The van der Waals surface area contributed by atoms with Crippen LogP contribution in [0.1, 0.15) is 39.2 Å². The summed E-state index contributed by atoms with van der Waals surface area (Å²) in [4.78, 5) is 18.2. The summed E-state index contributed by atoms with van der Waals surface area (Å²) in [5.41, 5.74) is 6.62. The van der Waals surface area contributed by atoms with Gasteiger partial charge in [0.15, 0.2) is 0 Å². The van der Waals surface area contributed by atoms with E-state index in [1.165, 1.54) is 0 Å². The van der Waals surface area contributed by atoms with E-state index in [2.05, 4.69) is 36.4 Å². The van der Waals surface area contributed by atoms with E-state index in [1.54, 1.807) is 7.11 Å². The van der Waals surface area contributed by atoms with Crippen molar-refractivity contribution in [3.8, 4) is 0 Å². The third-order valence-electron chi connectivity index (χ3n) is 6.92. The molecular weight excluding hydrogens is 452 g/mol. The monoisotopic (exact) mass is 493 g/mol. The maximum atomic E-state index is 13.6. The van der Waals surface area contributed by atoms with Gasteiger partial charge in [-0.3, -0.25) is 10.1 Å². The lowest BCUT2D eigenvalue weighted by atomic mass is 9.96. The first-order valence-electron chi connectivity index (χ1n) is 12.6. The molecule has 7 nitrogen and oxygen atoms in total. The van der Waals surface area contributed by atoms with Crippen LogP contribution in [0.3, 0.4) is 0 Å². The Morgan fingerprint density at radius 2 is 2.06 bits per heavy atom. The number of aliphatic hydroxyl groups is 1. The Morgan fingerprint density at radius 3 is 2.72 bits per heavy atom. The highest BCUT2D eigenvalue weighted by Gasteiger charge is 2.31. The van der Waals surface area contributed by atoms with Crippen molar-refractivity contribution in [2.24, 2.45) is 7.05 Å². The Bertz CT molecular complexity index is 1250. The van der Waals surface area contributed by atoms with Gasteiger partial charge in [0.25, 0.3) is 5.91 Å². The van der Waals surface area contributed by atoms with Gasteiger partial charge < -0.3 is 18.9 Å². The first kappa shape index (κ1) is 27.4. The number of amides is 1. The summed E-state index contributed by atoms with van der Waals surface area (Å²) in [6, 6.07) is 6.06. The highest BCUT2D eigenvalue weighted by atomic mass is 16.5. The van der Waals surface area contributed by atoms with Crippen molar-refractivity contribution in [3.63, 3.8) is 0 Å². The van der Waals surface area contributed by atoms with Gasteiger partial charge in [0.05, 0.1) is 44.8 Å². The van der Waals surface area contributed by atoms with Gasteiger partial charge in [-0.25, -0.2) is 4.98 Å². The minimum absolute atomic E-state index is 0.140. The summed E-state index contributed by atoms with van der Waals surface area (Å²) < 4.78 is 8.38. The molecule has 7 heteroatoms. The van der Waals surface area contributed by atoms with E-state index in [0.29, 0.717) is 18.1 Å². The number of likely N-dealkylation sites (N-methyl/N-ethyl adjacent to an activating group) is 1. The van der Waals surface area contributed by atoms with E-state index >= 15 is 0 Å². The van der Waals surface area contributed by atoms with E-state index in [-0.39, 0.29) is 12.5 Å². The molecule has 1 aliphatic heterocycles. The van der Waals surface area contributed by atoms with Crippen molar-refractivity contribution in [2.75, 3.05) is 45.7 Å². The fourth-order valence-corrected chi connectivity index (χ4v) is 4.78. The molecule has 1 aromatic carbocycles. The molecule has 1 atom stereocenters. The first-order valence-corrected chi connectivity index (χ1v) is 12.6. The van der Waals surface area contributed by atoms with Crippen LogP contribution in [0.25, 0.3) is 11.0 Å². The number of methoxy groups -OCH3 is 1. The number of rotatable bonds is 9. The number of allylic oxidation sites excluding steroid dienone is 3. The Labute approximate surface area is 215 Å². The largest absolute Gasteiger partial charge is 0.500 e. The van der Waals surface area contributed by atoms with E-state index in [1.807, 2.05) is 56.7 Å². The standard InChI is InChI=1S/C29H40N4O3/c1-8-9-20(2)16-23(18-22(4)24-19-33(6,14-15-34)13-12-27(24)36-7)28(35)31-29-30-25-11-10-21(3)17-26(25)32(29)5/h9-11,16-18,34H,8,12-15,19H2,1-7H3/p+1/b20-9+,22-18+,23-16+. The number of carbonyl (C=O) groups is 1. The number of imidazole rings is 1. The molecule has 2 aromatic rings. The van der Waals surface area contributed by atoms with E-state index < -0.39 is 0 Å². The zero-order valence-corrected chi connectivity index (χ0v) is 22.8. The highest BCUT2D eigenvalue weighted by molar-refractivity contribution is 6.06. The van der Waals surface area contributed by atoms with Crippen LogP contribution in [0, 0.1) is 6.92 Å². The lowest BCUT2D eigenvalue weighted by Crippen LogP contribution is -2.50. The van der Waals surface area contributed by atoms with Crippen LogP contribution in [-0.2, 0) is 16.6 Å². The lowest BCUT2D eigenvalue weighted by Gasteiger charge is -2.39. The van der Waals surface area contributed by atoms with Crippen LogP contribution in [0.2, 0.25) is 0 Å². The number of ether oxygens (including phenoxy) is 1. The average molecular weight is 494 g/mol. The molecule has 1 aromatic heterocycles. The maximum Gasteiger partial charge on any atom is 0.257 e. The van der Waals surface area contributed by atoms with Gasteiger partial charge in [0, 0.05) is 18.2 Å². The van der Waals surface area contributed by atoms with Crippen molar-refractivity contribution in [1.82, 2.24) is 9.55 Å². The number of hydrogen-bond acceptors (Lipinski definition) is 4. The number of hydrogen-bond donors (Lipinski definition) is 2. The molecular formula is C29H41N4O3+. The number of aliphatic hydroxyl groups excluding tert-OH is 1. The zero-order valence-electron chi connectivity index (χ0n) is 22.8. The molecule has 1 amide bonds. The SMILES string of the molecule is CC/C=C(C)/C=C(\C=C(/C)C1=C(OC)CC[N+](C)(CCO)C1)C(=O)Nc1nc2ccc(C)cc2n1C. The third kappa shape index (κ3) is 6.33. The fourth-order valence-electron chi connectivity index (χ4n) is 4.78. The Balaban J connectivity index is 1.99. The van der Waals surface area contributed by atoms with Crippen molar-refractivity contribution < 1.29 is 19.1 Å². The second kappa shape index (κ2) is 11.7. The molecule has 0 bridgehead atoms. The second-order valence-electron chi connectivity index (χ2n) is 10.0. The van der Waals surface area contributed by atoms with Crippen molar-refractivity contribution in [2.45, 2.75) is 40.5 Å². The molecule has 1 aliphatic rings. The molecule has 36 heavy (non-hydrogen) atoms. The minimum Gasteiger partial charge on any atom is -0.500 e. The van der Waals surface area contributed by atoms with E-state index in [9.17, 15) is 9.90 Å². The first-order chi connectivity index (χ1) is 17.1. The molecule has 0 aliphatic carbocycles. The fraction of sp³-hybridized carbons (Fsp3) is 0.448. The van der Waals surface area contributed by atoms with Crippen LogP contribution in [0.5, 0.6) is 0 Å². The zero-order chi connectivity index (χ0) is 26.5. The minimum atomic E-state index is -0.212. The summed E-state index contributed by atoms with van der Waals surface area (Å²) in [6.07, 6.45) is 7.65. The molecule has 3 rings (SSSR count). The summed E-state index contributed by atoms with van der Waals surface area (Å²) in [7, 11) is 5.77. The molecule has 0 saturated heterocycles. The van der Waals surface area contributed by atoms with Crippen LogP contribution in [-0.4, -0.2) is 65.4 Å². The molecule has 0 radical (unpaired) electrons. The quantitative estimate of drug-likeness (QED) is 0.299. The number of aryl methyl sites for hydroxylation is 2. The number of nitrogens with zero attached hydrogens (tertiary/aromatic N) is 3. The average Bonchev–Trinajstić information content (AvgIpc) is 3.13. The smallest absolute Gasteiger partial charge is 0.257 e. The number of nitrogens with one attached hydrogen (secondary N) is 1. The molecule has 0 saturated carbocycles. The molecule has 2 heterocycles. The summed E-state index contributed by atoms with van der Waals surface area (Å²) >= 11 is 0. The van der Waals surface area contributed by atoms with Gasteiger partial charge >= 0.3 is 0 Å². The Morgan fingerprint density at radius 1 is 1.31 bits per heavy atom. The number of quaternary nitrogens is 1. The van der Waals surface area contributed by atoms with Crippen LogP contribution in [0.15, 0.2) is 64.5 Å². The van der Waals surface area contributed by atoms with Crippen LogP contribution < -0.4 is 5.32 Å². The lowest BCUT2D eigenvalue weighted by molar-refractivity contribution is -0.907. The number of carbonyl (C=O) groups excluding carboxylic acids is 1. The van der Waals surface area contributed by atoms with Crippen molar-refractivity contribution in [1.29, 1.82) is 0 Å². The highest BCUT2D eigenvalue weighted by Crippen LogP contribution is 2.29. The van der Waals surface area contributed by atoms with Gasteiger partial charge in [-0.1, -0.05) is 24.6 Å². The summed E-state index contributed by atoms with van der Waals surface area (Å²) in [5, 5.41) is 12.6. The molecule has 0 spiro atoms. The number of anilines is 1. The van der Waals surface area contributed by atoms with Gasteiger partial charge in [-0.2, -0.15) is 0 Å². The topological polar surface area (TPSA) is 76.4 Å². The van der Waals surface area contributed by atoms with Gasteiger partial charge in [0.1, 0.15) is 18.8 Å². The predicted octanol–water partition coefficient (Wildman–Crippen LogP) is 4.79. The molecule has 2 N–H and O–H groups in total. The number of benzene rings is 1.